The van der Waals surface area contributed by atoms with Gasteiger partial charge in [-0.05, 0) is 35.9 Å². The Morgan fingerprint density at radius 3 is 2.84 bits per heavy atom. The Morgan fingerprint density at radius 1 is 1.28 bits per heavy atom. The summed E-state index contributed by atoms with van der Waals surface area (Å²) in [6, 6.07) is 15.2. The molecule has 0 radical (unpaired) electrons. The highest BCUT2D eigenvalue weighted by atomic mass is 16.5. The van der Waals surface area contributed by atoms with Crippen LogP contribution in [-0.4, -0.2) is 23.7 Å². The van der Waals surface area contributed by atoms with Gasteiger partial charge in [0.1, 0.15) is 18.5 Å². The van der Waals surface area contributed by atoms with Gasteiger partial charge < -0.3 is 14.5 Å². The number of nitriles is 1. The normalized spacial score (nSPS) is 10.9. The summed E-state index contributed by atoms with van der Waals surface area (Å²) >= 11 is 0. The molecule has 1 N–H and O–H groups in total. The molecule has 0 aliphatic rings. The van der Waals surface area contributed by atoms with Crippen LogP contribution in [0.15, 0.2) is 42.5 Å². The first kappa shape index (κ1) is 16.2. The Kier molecular flexibility index (Phi) is 4.69. The summed E-state index contributed by atoms with van der Waals surface area (Å²) in [6.07, 6.45) is 6.95. The number of methoxy groups -OCH3 is 1. The number of terminal acetylenes is 1. The fraction of sp³-hybridized carbons (Fsp3) is 0.100. The molecule has 25 heavy (non-hydrogen) atoms. The SMILES string of the molecule is C#CCOc1ccc(C=C(C#N)c2nc3ccccc3[nH]2)cc1OC. The minimum Gasteiger partial charge on any atom is -0.493 e. The average Bonchev–Trinajstić information content (AvgIpc) is 3.08. The molecular weight excluding hydrogens is 314 g/mol. The first-order valence-corrected chi connectivity index (χ1v) is 7.56. The first-order valence-electron chi connectivity index (χ1n) is 7.56. The quantitative estimate of drug-likeness (QED) is 0.573. The molecule has 122 valence electrons. The van der Waals surface area contributed by atoms with Gasteiger partial charge in [-0.2, -0.15) is 5.26 Å². The minimum atomic E-state index is 0.161. The number of imidazole rings is 1. The smallest absolute Gasteiger partial charge is 0.162 e. The molecule has 0 fully saturated rings. The number of para-hydroxylation sites is 2. The summed E-state index contributed by atoms with van der Waals surface area (Å²) in [4.78, 5) is 7.61. The third kappa shape index (κ3) is 3.46. The van der Waals surface area contributed by atoms with Crippen molar-refractivity contribution in [2.24, 2.45) is 0 Å². The number of aromatic nitrogens is 2. The van der Waals surface area contributed by atoms with Crippen LogP contribution in [0.2, 0.25) is 0 Å². The fourth-order valence-electron chi connectivity index (χ4n) is 2.41. The zero-order valence-corrected chi connectivity index (χ0v) is 13.6. The van der Waals surface area contributed by atoms with Gasteiger partial charge in [0.15, 0.2) is 11.5 Å². The van der Waals surface area contributed by atoms with E-state index in [-0.39, 0.29) is 6.61 Å². The summed E-state index contributed by atoms with van der Waals surface area (Å²) < 4.78 is 10.7. The number of benzene rings is 2. The molecule has 0 aliphatic carbocycles. The van der Waals surface area contributed by atoms with E-state index in [9.17, 15) is 5.26 Å². The van der Waals surface area contributed by atoms with Crippen molar-refractivity contribution in [3.63, 3.8) is 0 Å². The number of allylic oxidation sites excluding steroid dienone is 1. The van der Waals surface area contributed by atoms with Gasteiger partial charge in [-0.3, -0.25) is 0 Å². The molecule has 0 saturated heterocycles. The lowest BCUT2D eigenvalue weighted by Crippen LogP contribution is -1.97. The number of nitrogens with zero attached hydrogens (tertiary/aromatic N) is 2. The second kappa shape index (κ2) is 7.25. The van der Waals surface area contributed by atoms with E-state index in [1.54, 1.807) is 25.3 Å². The Hall–Kier alpha value is -3.70. The van der Waals surface area contributed by atoms with Crippen molar-refractivity contribution in [3.05, 3.63) is 53.9 Å². The second-order valence-corrected chi connectivity index (χ2v) is 5.18. The van der Waals surface area contributed by atoms with Gasteiger partial charge in [-0.25, -0.2) is 4.98 Å². The molecule has 3 aromatic rings. The van der Waals surface area contributed by atoms with Crippen LogP contribution in [0.25, 0.3) is 22.7 Å². The van der Waals surface area contributed by atoms with Crippen molar-refractivity contribution < 1.29 is 9.47 Å². The molecular formula is C20H15N3O2. The monoisotopic (exact) mass is 329 g/mol. The van der Waals surface area contributed by atoms with Crippen molar-refractivity contribution in [2.45, 2.75) is 0 Å². The summed E-state index contributed by atoms with van der Waals surface area (Å²) in [7, 11) is 1.55. The van der Waals surface area contributed by atoms with Crippen LogP contribution < -0.4 is 9.47 Å². The Balaban J connectivity index is 1.97. The Morgan fingerprint density at radius 2 is 2.12 bits per heavy atom. The van der Waals surface area contributed by atoms with Crippen LogP contribution in [-0.2, 0) is 0 Å². The van der Waals surface area contributed by atoms with Gasteiger partial charge in [0.2, 0.25) is 0 Å². The largest absolute Gasteiger partial charge is 0.493 e. The molecule has 0 unspecified atom stereocenters. The van der Waals surface area contributed by atoms with Crippen molar-refractivity contribution in [2.75, 3.05) is 13.7 Å². The van der Waals surface area contributed by atoms with E-state index in [0.717, 1.165) is 16.6 Å². The molecule has 2 aromatic carbocycles. The number of H-pyrrole nitrogens is 1. The van der Waals surface area contributed by atoms with Gasteiger partial charge in [0.05, 0.1) is 23.7 Å². The van der Waals surface area contributed by atoms with Crippen molar-refractivity contribution in [1.82, 2.24) is 9.97 Å². The summed E-state index contributed by atoms with van der Waals surface area (Å²) in [6.45, 7) is 0.161. The maximum absolute atomic E-state index is 9.51. The highest BCUT2D eigenvalue weighted by molar-refractivity contribution is 5.90. The molecule has 0 amide bonds. The minimum absolute atomic E-state index is 0.161. The summed E-state index contributed by atoms with van der Waals surface area (Å²) in [5, 5.41) is 9.51. The first-order chi connectivity index (χ1) is 12.2. The lowest BCUT2D eigenvalue weighted by molar-refractivity contribution is 0.331. The topological polar surface area (TPSA) is 70.9 Å². The number of hydrogen-bond acceptors (Lipinski definition) is 4. The van der Waals surface area contributed by atoms with Gasteiger partial charge in [0, 0.05) is 0 Å². The number of aromatic amines is 1. The molecule has 5 nitrogen and oxygen atoms in total. The third-order valence-corrected chi connectivity index (χ3v) is 3.57. The molecule has 0 spiro atoms. The van der Waals surface area contributed by atoms with Crippen LogP contribution in [0.1, 0.15) is 11.4 Å². The zero-order valence-electron chi connectivity index (χ0n) is 13.6. The van der Waals surface area contributed by atoms with E-state index < -0.39 is 0 Å². The molecule has 0 saturated carbocycles. The standard InChI is InChI=1S/C20H15N3O2/c1-3-10-25-18-9-8-14(12-19(18)24-2)11-15(13-21)20-22-16-6-4-5-7-17(16)23-20/h1,4-9,11-12H,10H2,2H3,(H,22,23). The summed E-state index contributed by atoms with van der Waals surface area (Å²) in [5.74, 6) is 4.04. The average molecular weight is 329 g/mol. The highest BCUT2D eigenvalue weighted by Crippen LogP contribution is 2.29. The van der Waals surface area contributed by atoms with E-state index in [1.807, 2.05) is 30.3 Å². The molecule has 0 bridgehead atoms. The van der Waals surface area contributed by atoms with E-state index in [2.05, 4.69) is 22.0 Å². The number of fused-ring (bicyclic) bond motifs is 1. The molecule has 1 heterocycles. The van der Waals surface area contributed by atoms with Gasteiger partial charge in [-0.1, -0.05) is 24.1 Å². The highest BCUT2D eigenvalue weighted by Gasteiger charge is 2.09. The third-order valence-electron chi connectivity index (χ3n) is 3.57. The maximum atomic E-state index is 9.51. The van der Waals surface area contributed by atoms with Crippen LogP contribution in [0, 0.1) is 23.7 Å². The van der Waals surface area contributed by atoms with Gasteiger partial charge >= 0.3 is 0 Å². The van der Waals surface area contributed by atoms with Gasteiger partial charge in [-0.15, -0.1) is 6.42 Å². The van der Waals surface area contributed by atoms with E-state index in [4.69, 9.17) is 15.9 Å². The number of hydrogen-bond donors (Lipinski definition) is 1. The van der Waals surface area contributed by atoms with Crippen molar-refractivity contribution in [3.8, 4) is 29.9 Å². The second-order valence-electron chi connectivity index (χ2n) is 5.18. The van der Waals surface area contributed by atoms with Crippen LogP contribution in [0.5, 0.6) is 11.5 Å². The Labute approximate surface area is 145 Å². The molecule has 3 rings (SSSR count). The van der Waals surface area contributed by atoms with Crippen LogP contribution in [0.3, 0.4) is 0 Å². The predicted octanol–water partition coefficient (Wildman–Crippen LogP) is 3.65. The van der Waals surface area contributed by atoms with E-state index >= 15 is 0 Å². The molecule has 1 aromatic heterocycles. The van der Waals surface area contributed by atoms with Crippen molar-refractivity contribution >= 4 is 22.7 Å². The number of rotatable bonds is 5. The summed E-state index contributed by atoms with van der Waals surface area (Å²) in [5.41, 5.74) is 2.92. The van der Waals surface area contributed by atoms with Crippen molar-refractivity contribution in [1.29, 1.82) is 5.26 Å². The lowest BCUT2D eigenvalue weighted by Gasteiger charge is -2.09. The lowest BCUT2D eigenvalue weighted by atomic mass is 10.1. The molecule has 0 atom stereocenters. The fourth-order valence-corrected chi connectivity index (χ4v) is 2.41. The Bertz CT molecular complexity index is 986. The predicted molar refractivity (Wildman–Crippen MR) is 96.9 cm³/mol. The van der Waals surface area contributed by atoms with Crippen LogP contribution >= 0.6 is 0 Å². The van der Waals surface area contributed by atoms with E-state index in [0.29, 0.717) is 22.9 Å². The molecule has 5 heteroatoms. The number of ether oxygens (including phenoxy) is 2. The molecule has 0 aliphatic heterocycles. The number of nitrogens with one attached hydrogen (secondary N) is 1. The van der Waals surface area contributed by atoms with Gasteiger partial charge in [0.25, 0.3) is 0 Å². The maximum Gasteiger partial charge on any atom is 0.162 e. The zero-order chi connectivity index (χ0) is 17.6. The van der Waals surface area contributed by atoms with E-state index in [1.165, 1.54) is 0 Å². The van der Waals surface area contributed by atoms with Crippen LogP contribution in [0.4, 0.5) is 0 Å².